The quantitative estimate of drug-likeness (QED) is 0.772. The fraction of sp³-hybridized carbons (Fsp3) is 0.500. The first-order chi connectivity index (χ1) is 13.9. The summed E-state index contributed by atoms with van der Waals surface area (Å²) in [7, 11) is 3.73. The van der Waals surface area contributed by atoms with Crippen LogP contribution >= 0.6 is 34.3 Å². The first-order valence-electron chi connectivity index (χ1n) is 9.55. The van der Waals surface area contributed by atoms with Gasteiger partial charge in [-0.1, -0.05) is 11.6 Å². The van der Waals surface area contributed by atoms with Crippen LogP contribution < -0.4 is 5.32 Å². The van der Waals surface area contributed by atoms with Crippen molar-refractivity contribution in [2.45, 2.75) is 38.1 Å². The van der Waals surface area contributed by atoms with E-state index in [2.05, 4.69) is 24.2 Å². The second kappa shape index (κ2) is 8.35. The lowest BCUT2D eigenvalue weighted by atomic mass is 10.0. The number of ether oxygens (including phenoxy) is 1. The first kappa shape index (κ1) is 20.8. The Morgan fingerprint density at radius 1 is 1.24 bits per heavy atom. The van der Waals surface area contributed by atoms with Crippen molar-refractivity contribution in [2.24, 2.45) is 0 Å². The van der Waals surface area contributed by atoms with Gasteiger partial charge < -0.3 is 15.0 Å². The average molecular weight is 454 g/mol. The van der Waals surface area contributed by atoms with Crippen LogP contribution in [0.4, 0.5) is 0 Å². The number of likely N-dealkylation sites (N-methyl/N-ethyl adjacent to an activating group) is 1. The number of hydrogen-bond donors (Lipinski definition) is 1. The van der Waals surface area contributed by atoms with E-state index in [0.717, 1.165) is 17.8 Å². The molecule has 1 N–H and O–H groups in total. The summed E-state index contributed by atoms with van der Waals surface area (Å²) in [5, 5.41) is 3.00. The van der Waals surface area contributed by atoms with Crippen molar-refractivity contribution in [1.29, 1.82) is 0 Å². The summed E-state index contributed by atoms with van der Waals surface area (Å²) in [6.45, 7) is 3.99. The van der Waals surface area contributed by atoms with Gasteiger partial charge in [-0.15, -0.1) is 22.7 Å². The molecule has 0 bridgehead atoms. The van der Waals surface area contributed by atoms with Crippen LogP contribution in [0.2, 0.25) is 4.34 Å². The van der Waals surface area contributed by atoms with E-state index < -0.39 is 0 Å². The summed E-state index contributed by atoms with van der Waals surface area (Å²) in [4.78, 5) is 32.3. The SMILES string of the molecule is CO[C@H]1CN(C(=O)c2cc3c(s2)CN(C)C(C)C3)C[C@@H]1NC(=O)c1ccc(Cl)s1. The van der Waals surface area contributed by atoms with Gasteiger partial charge in [0.1, 0.15) is 0 Å². The second-order valence-corrected chi connectivity index (χ2v) is 10.5. The van der Waals surface area contributed by atoms with Crippen LogP contribution in [0.5, 0.6) is 0 Å². The molecule has 2 aliphatic rings. The third kappa shape index (κ3) is 4.22. The van der Waals surface area contributed by atoms with E-state index in [4.69, 9.17) is 16.3 Å². The number of thiophene rings is 2. The highest BCUT2D eigenvalue weighted by atomic mass is 35.5. The van der Waals surface area contributed by atoms with Crippen molar-refractivity contribution in [1.82, 2.24) is 15.1 Å². The lowest BCUT2D eigenvalue weighted by Gasteiger charge is -2.29. The number of carbonyl (C=O) groups excluding carboxylic acids is 2. The van der Waals surface area contributed by atoms with Gasteiger partial charge in [-0.05, 0) is 44.2 Å². The Balaban J connectivity index is 1.45. The molecule has 9 heteroatoms. The van der Waals surface area contributed by atoms with Gasteiger partial charge >= 0.3 is 0 Å². The number of amides is 2. The van der Waals surface area contributed by atoms with E-state index >= 15 is 0 Å². The second-order valence-electron chi connectivity index (χ2n) is 7.70. The van der Waals surface area contributed by atoms with Crippen LogP contribution in [-0.4, -0.2) is 67.0 Å². The number of nitrogens with zero attached hydrogens (tertiary/aromatic N) is 2. The number of methoxy groups -OCH3 is 1. The third-order valence-electron chi connectivity index (χ3n) is 5.74. The molecule has 0 saturated carbocycles. The van der Waals surface area contributed by atoms with Gasteiger partial charge in [0.05, 0.1) is 26.2 Å². The van der Waals surface area contributed by atoms with Gasteiger partial charge in [0.2, 0.25) is 0 Å². The van der Waals surface area contributed by atoms with Gasteiger partial charge in [-0.3, -0.25) is 14.5 Å². The van der Waals surface area contributed by atoms with Crippen LogP contribution in [-0.2, 0) is 17.7 Å². The molecule has 1 saturated heterocycles. The van der Waals surface area contributed by atoms with E-state index in [1.54, 1.807) is 35.5 Å². The molecular formula is C20H24ClN3O3S2. The highest BCUT2D eigenvalue weighted by Gasteiger charge is 2.38. The Morgan fingerprint density at radius 2 is 2.03 bits per heavy atom. The van der Waals surface area contributed by atoms with Gasteiger partial charge in [-0.2, -0.15) is 0 Å². The molecule has 2 aromatic rings. The van der Waals surface area contributed by atoms with Crippen LogP contribution in [0.1, 0.15) is 36.7 Å². The zero-order valence-corrected chi connectivity index (χ0v) is 19.0. The molecule has 0 aromatic carbocycles. The number of halogens is 1. The molecule has 6 nitrogen and oxygen atoms in total. The van der Waals surface area contributed by atoms with Crippen molar-refractivity contribution in [3.63, 3.8) is 0 Å². The molecule has 29 heavy (non-hydrogen) atoms. The minimum Gasteiger partial charge on any atom is -0.377 e. The zero-order chi connectivity index (χ0) is 20.7. The highest BCUT2D eigenvalue weighted by Crippen LogP contribution is 2.31. The maximum absolute atomic E-state index is 13.1. The van der Waals surface area contributed by atoms with Crippen LogP contribution in [0, 0.1) is 0 Å². The van der Waals surface area contributed by atoms with Gasteiger partial charge in [0, 0.05) is 37.7 Å². The largest absolute Gasteiger partial charge is 0.377 e. The summed E-state index contributed by atoms with van der Waals surface area (Å²) in [6, 6.07) is 5.69. The van der Waals surface area contributed by atoms with Crippen molar-refractivity contribution in [2.75, 3.05) is 27.2 Å². The zero-order valence-electron chi connectivity index (χ0n) is 16.6. The van der Waals surface area contributed by atoms with Crippen LogP contribution in [0.25, 0.3) is 0 Å². The number of fused-ring (bicyclic) bond motifs is 1. The molecule has 2 aliphatic heterocycles. The number of likely N-dealkylation sites (tertiary alicyclic amines) is 1. The Kier molecular flexibility index (Phi) is 5.99. The maximum atomic E-state index is 13.1. The standard InChI is InChI=1S/C20H24ClN3O3S2/c1-11-6-12-7-16(28-17(12)10-23(11)2)20(26)24-8-13(14(9-24)27-3)22-19(25)15-4-5-18(21)29-15/h4-5,7,11,13-14H,6,8-10H2,1-3H3,(H,22,25)/t11?,13-,14-/m0/s1. The molecule has 2 aromatic heterocycles. The predicted molar refractivity (Wildman–Crippen MR) is 116 cm³/mol. The summed E-state index contributed by atoms with van der Waals surface area (Å²) < 4.78 is 6.13. The summed E-state index contributed by atoms with van der Waals surface area (Å²) in [5.41, 5.74) is 1.28. The van der Waals surface area contributed by atoms with Crippen molar-refractivity contribution < 1.29 is 14.3 Å². The lowest BCUT2D eigenvalue weighted by Crippen LogP contribution is -2.43. The summed E-state index contributed by atoms with van der Waals surface area (Å²) >= 11 is 8.75. The van der Waals surface area contributed by atoms with Crippen LogP contribution in [0.3, 0.4) is 0 Å². The van der Waals surface area contributed by atoms with Crippen LogP contribution in [0.15, 0.2) is 18.2 Å². The van der Waals surface area contributed by atoms with Crippen molar-refractivity contribution in [3.05, 3.63) is 42.7 Å². The highest BCUT2D eigenvalue weighted by molar-refractivity contribution is 7.18. The van der Waals surface area contributed by atoms with E-state index in [1.807, 2.05) is 6.07 Å². The lowest BCUT2D eigenvalue weighted by molar-refractivity contribution is 0.0695. The monoisotopic (exact) mass is 453 g/mol. The summed E-state index contributed by atoms with van der Waals surface area (Å²) in [5.74, 6) is -0.176. The molecule has 0 spiro atoms. The third-order valence-corrected chi connectivity index (χ3v) is 8.12. The Hall–Kier alpha value is -1.45. The Bertz CT molecular complexity index is 900. The molecular weight excluding hydrogens is 430 g/mol. The van der Waals surface area contributed by atoms with Gasteiger partial charge in [-0.25, -0.2) is 0 Å². The predicted octanol–water partition coefficient (Wildman–Crippen LogP) is 3.11. The minimum atomic E-state index is -0.252. The fourth-order valence-electron chi connectivity index (χ4n) is 3.88. The number of hydrogen-bond acceptors (Lipinski definition) is 6. The Morgan fingerprint density at radius 3 is 2.72 bits per heavy atom. The minimum absolute atomic E-state index is 0.0117. The average Bonchev–Trinajstić information content (AvgIpc) is 3.40. The first-order valence-corrected chi connectivity index (χ1v) is 11.6. The van der Waals surface area contributed by atoms with Gasteiger partial charge in [0.25, 0.3) is 11.8 Å². The topological polar surface area (TPSA) is 61.9 Å². The molecule has 1 unspecified atom stereocenters. The van der Waals surface area contributed by atoms with Gasteiger partial charge in [0.15, 0.2) is 0 Å². The Labute approximate surface area is 183 Å². The molecule has 156 valence electrons. The maximum Gasteiger partial charge on any atom is 0.264 e. The molecule has 3 atom stereocenters. The molecule has 2 amide bonds. The molecule has 1 fully saturated rings. The summed E-state index contributed by atoms with van der Waals surface area (Å²) in [6.07, 6.45) is 0.734. The fourth-order valence-corrected chi connectivity index (χ4v) is 6.05. The van der Waals surface area contributed by atoms with E-state index in [9.17, 15) is 9.59 Å². The number of carbonyl (C=O) groups is 2. The van der Waals surface area contributed by atoms with E-state index in [1.165, 1.54) is 21.8 Å². The molecule has 0 radical (unpaired) electrons. The van der Waals surface area contributed by atoms with E-state index in [0.29, 0.717) is 28.3 Å². The number of rotatable bonds is 4. The molecule has 4 rings (SSSR count). The molecule has 4 heterocycles. The number of nitrogens with one attached hydrogen (secondary N) is 1. The smallest absolute Gasteiger partial charge is 0.264 e. The van der Waals surface area contributed by atoms with E-state index in [-0.39, 0.29) is 24.0 Å². The normalized spacial score (nSPS) is 24.6. The van der Waals surface area contributed by atoms with Crippen molar-refractivity contribution >= 4 is 46.1 Å². The van der Waals surface area contributed by atoms with Crippen molar-refractivity contribution in [3.8, 4) is 0 Å². The molecule has 0 aliphatic carbocycles.